The predicted octanol–water partition coefficient (Wildman–Crippen LogP) is 5.46. The first-order valence-electron chi connectivity index (χ1n) is 11.1. The Morgan fingerprint density at radius 2 is 1.88 bits per heavy atom. The van der Waals surface area contributed by atoms with Crippen LogP contribution in [0, 0.1) is 0 Å². The second-order valence-corrected chi connectivity index (χ2v) is 10.2. The summed E-state index contributed by atoms with van der Waals surface area (Å²) in [6, 6.07) is 11.5. The summed E-state index contributed by atoms with van der Waals surface area (Å²) < 4.78 is 0. The summed E-state index contributed by atoms with van der Waals surface area (Å²) in [6.45, 7) is 8.68. The van der Waals surface area contributed by atoms with Gasteiger partial charge in [0.15, 0.2) is 5.11 Å². The third-order valence-corrected chi connectivity index (χ3v) is 7.37. The number of benzene rings is 2. The van der Waals surface area contributed by atoms with Crippen molar-refractivity contribution >= 4 is 58.2 Å². The summed E-state index contributed by atoms with van der Waals surface area (Å²) in [4.78, 5) is 29.7. The van der Waals surface area contributed by atoms with Gasteiger partial charge in [-0.25, -0.2) is 0 Å². The number of thiocarbonyl (C=S) groups is 1. The molecule has 1 fully saturated rings. The van der Waals surface area contributed by atoms with E-state index in [1.54, 1.807) is 6.08 Å². The Balaban J connectivity index is 1.75. The van der Waals surface area contributed by atoms with Gasteiger partial charge >= 0.3 is 0 Å². The SMILES string of the molecule is CCc1ccc(N2C(=O)/C(=C\c3cc4c(cc3Cl)N(C)C(C)(C)CC4C)C(=O)NC2=S)cc1. The lowest BCUT2D eigenvalue weighted by Gasteiger charge is -2.45. The molecule has 1 N–H and O–H groups in total. The summed E-state index contributed by atoms with van der Waals surface area (Å²) in [7, 11) is 2.07. The minimum atomic E-state index is -0.522. The molecule has 0 aromatic heterocycles. The van der Waals surface area contributed by atoms with Crippen LogP contribution < -0.4 is 15.1 Å². The Labute approximate surface area is 205 Å². The topological polar surface area (TPSA) is 52.7 Å². The first kappa shape index (κ1) is 23.5. The Morgan fingerprint density at radius 3 is 2.52 bits per heavy atom. The molecule has 4 rings (SSSR count). The van der Waals surface area contributed by atoms with Gasteiger partial charge in [0.25, 0.3) is 11.8 Å². The molecule has 0 bridgehead atoms. The van der Waals surface area contributed by atoms with Crippen LogP contribution in [0.25, 0.3) is 6.08 Å². The van der Waals surface area contributed by atoms with Gasteiger partial charge in [-0.3, -0.25) is 19.8 Å². The smallest absolute Gasteiger partial charge is 0.270 e. The first-order chi connectivity index (χ1) is 15.5. The summed E-state index contributed by atoms with van der Waals surface area (Å²) in [5.41, 5.74) is 4.64. The number of anilines is 2. The highest BCUT2D eigenvalue weighted by Crippen LogP contribution is 2.44. The van der Waals surface area contributed by atoms with Crippen molar-refractivity contribution in [1.82, 2.24) is 5.32 Å². The fraction of sp³-hybridized carbons (Fsp3) is 0.346. The molecule has 0 spiro atoms. The van der Waals surface area contributed by atoms with Crippen LogP contribution in [0.15, 0.2) is 42.0 Å². The van der Waals surface area contributed by atoms with Crippen molar-refractivity contribution in [2.24, 2.45) is 0 Å². The number of nitrogens with zero attached hydrogens (tertiary/aromatic N) is 2. The lowest BCUT2D eigenvalue weighted by Crippen LogP contribution is -2.54. The zero-order valence-electron chi connectivity index (χ0n) is 19.5. The molecule has 5 nitrogen and oxygen atoms in total. The summed E-state index contributed by atoms with van der Waals surface area (Å²) in [5.74, 6) is -0.669. The van der Waals surface area contributed by atoms with Crippen molar-refractivity contribution < 1.29 is 9.59 Å². The summed E-state index contributed by atoms with van der Waals surface area (Å²) >= 11 is 12.0. The molecule has 0 radical (unpaired) electrons. The van der Waals surface area contributed by atoms with E-state index in [-0.39, 0.29) is 16.2 Å². The van der Waals surface area contributed by atoms with Crippen molar-refractivity contribution in [2.75, 3.05) is 16.8 Å². The van der Waals surface area contributed by atoms with E-state index < -0.39 is 11.8 Å². The molecule has 1 unspecified atom stereocenters. The molecule has 33 heavy (non-hydrogen) atoms. The fourth-order valence-electron chi connectivity index (χ4n) is 4.64. The molecule has 0 aliphatic carbocycles. The van der Waals surface area contributed by atoms with Gasteiger partial charge < -0.3 is 4.90 Å². The van der Waals surface area contributed by atoms with E-state index in [1.165, 1.54) is 4.90 Å². The third kappa shape index (κ3) is 4.18. The van der Waals surface area contributed by atoms with Crippen LogP contribution in [0.4, 0.5) is 11.4 Å². The maximum Gasteiger partial charge on any atom is 0.270 e. The lowest BCUT2D eigenvalue weighted by molar-refractivity contribution is -0.122. The van der Waals surface area contributed by atoms with Gasteiger partial charge in [-0.2, -0.15) is 0 Å². The van der Waals surface area contributed by atoms with Crippen molar-refractivity contribution in [3.63, 3.8) is 0 Å². The van der Waals surface area contributed by atoms with Gasteiger partial charge in [0.05, 0.1) is 5.69 Å². The molecule has 1 saturated heterocycles. The fourth-order valence-corrected chi connectivity index (χ4v) is 5.14. The van der Waals surface area contributed by atoms with Crippen LogP contribution in [0.3, 0.4) is 0 Å². The van der Waals surface area contributed by atoms with E-state index in [9.17, 15) is 9.59 Å². The van der Waals surface area contributed by atoms with Gasteiger partial charge in [0.2, 0.25) is 0 Å². The standard InChI is InChI=1S/C26H28ClN3O2S/c1-6-16-7-9-18(10-8-16)30-24(32)20(23(31)28-25(30)33)12-17-11-19-15(2)14-26(3,4)29(5)22(19)13-21(17)27/h7-13,15H,6,14H2,1-5H3,(H,28,31,33)/b20-12-. The van der Waals surface area contributed by atoms with Crippen molar-refractivity contribution in [1.29, 1.82) is 0 Å². The molecule has 0 saturated carbocycles. The number of hydrogen-bond donors (Lipinski definition) is 1. The number of aryl methyl sites for hydroxylation is 1. The van der Waals surface area contributed by atoms with Crippen LogP contribution in [-0.2, 0) is 16.0 Å². The van der Waals surface area contributed by atoms with E-state index in [2.05, 4.69) is 45.0 Å². The molecule has 1 atom stereocenters. The zero-order valence-corrected chi connectivity index (χ0v) is 21.1. The Hall–Kier alpha value is -2.70. The van der Waals surface area contributed by atoms with E-state index in [0.717, 1.165) is 29.7 Å². The Bertz CT molecular complexity index is 1190. The third-order valence-electron chi connectivity index (χ3n) is 6.76. The lowest BCUT2D eigenvalue weighted by atomic mass is 9.80. The number of hydrogen-bond acceptors (Lipinski definition) is 4. The maximum absolute atomic E-state index is 13.4. The van der Waals surface area contributed by atoms with E-state index in [0.29, 0.717) is 22.2 Å². The quantitative estimate of drug-likeness (QED) is 0.359. The number of halogens is 1. The molecule has 2 aromatic rings. The van der Waals surface area contributed by atoms with Gasteiger partial charge in [0.1, 0.15) is 5.57 Å². The Kier molecular flexibility index (Phi) is 6.10. The average molecular weight is 482 g/mol. The second kappa shape index (κ2) is 8.58. The van der Waals surface area contributed by atoms with Gasteiger partial charge in [0, 0.05) is 23.3 Å². The molecule has 2 aliphatic rings. The highest BCUT2D eigenvalue weighted by molar-refractivity contribution is 7.80. The number of rotatable bonds is 3. The van der Waals surface area contributed by atoms with Crippen molar-refractivity contribution in [3.05, 3.63) is 63.7 Å². The van der Waals surface area contributed by atoms with Gasteiger partial charge in [-0.15, -0.1) is 0 Å². The van der Waals surface area contributed by atoms with Gasteiger partial charge in [-0.05, 0) is 91.9 Å². The number of amides is 2. The van der Waals surface area contributed by atoms with Crippen LogP contribution in [0.2, 0.25) is 5.02 Å². The van der Waals surface area contributed by atoms with E-state index >= 15 is 0 Å². The second-order valence-electron chi connectivity index (χ2n) is 9.39. The largest absolute Gasteiger partial charge is 0.369 e. The van der Waals surface area contributed by atoms with Crippen LogP contribution in [-0.4, -0.2) is 29.5 Å². The monoisotopic (exact) mass is 481 g/mol. The molecule has 2 heterocycles. The number of carbonyl (C=O) groups excluding carboxylic acids is 2. The van der Waals surface area contributed by atoms with Crippen molar-refractivity contribution in [3.8, 4) is 0 Å². The maximum atomic E-state index is 13.4. The number of nitrogens with one attached hydrogen (secondary N) is 1. The molecule has 172 valence electrons. The number of carbonyl (C=O) groups is 2. The molecule has 2 amide bonds. The minimum Gasteiger partial charge on any atom is -0.369 e. The van der Waals surface area contributed by atoms with Crippen LogP contribution in [0.5, 0.6) is 0 Å². The summed E-state index contributed by atoms with van der Waals surface area (Å²) in [5, 5.41) is 3.20. The van der Waals surface area contributed by atoms with E-state index in [1.807, 2.05) is 36.4 Å². The highest BCUT2D eigenvalue weighted by atomic mass is 35.5. The van der Waals surface area contributed by atoms with Crippen LogP contribution >= 0.6 is 23.8 Å². The van der Waals surface area contributed by atoms with Gasteiger partial charge in [-0.1, -0.05) is 37.6 Å². The molecular formula is C26H28ClN3O2S. The normalized spacial score (nSPS) is 21.3. The Morgan fingerprint density at radius 1 is 1.21 bits per heavy atom. The summed E-state index contributed by atoms with van der Waals surface area (Å²) in [6.07, 6.45) is 3.45. The minimum absolute atomic E-state index is 0.00200. The predicted molar refractivity (Wildman–Crippen MR) is 139 cm³/mol. The highest BCUT2D eigenvalue weighted by Gasteiger charge is 2.36. The molecule has 2 aromatic carbocycles. The van der Waals surface area contributed by atoms with Crippen molar-refractivity contribution in [2.45, 2.75) is 52.0 Å². The first-order valence-corrected chi connectivity index (χ1v) is 11.9. The van der Waals surface area contributed by atoms with E-state index in [4.69, 9.17) is 23.8 Å². The van der Waals surface area contributed by atoms with Crippen LogP contribution in [0.1, 0.15) is 56.7 Å². The molecule has 2 aliphatic heterocycles. The zero-order chi connectivity index (χ0) is 24.1. The molecule has 7 heteroatoms. The number of fused-ring (bicyclic) bond motifs is 1. The average Bonchev–Trinajstić information content (AvgIpc) is 2.75. The molecular weight excluding hydrogens is 454 g/mol.